The number of rotatable bonds is 7. The molecule has 4 rings (SSSR count). The van der Waals surface area contributed by atoms with Crippen LogP contribution in [0.3, 0.4) is 0 Å². The Morgan fingerprint density at radius 2 is 1.79 bits per heavy atom. The number of benzene rings is 2. The lowest BCUT2D eigenvalue weighted by Gasteiger charge is -2.21. The molecule has 0 spiro atoms. The van der Waals surface area contributed by atoms with Gasteiger partial charge in [0.05, 0.1) is 18.1 Å². The first-order valence-corrected chi connectivity index (χ1v) is 14.5. The Morgan fingerprint density at radius 1 is 1.09 bits per heavy atom. The summed E-state index contributed by atoms with van der Waals surface area (Å²) in [7, 11) is -7.24. The Bertz CT molecular complexity index is 1280. The van der Waals surface area contributed by atoms with Crippen LogP contribution < -0.4 is 14.8 Å². The largest absolute Gasteiger partial charge is 0.495 e. The van der Waals surface area contributed by atoms with Crippen molar-refractivity contribution < 1.29 is 27.5 Å². The fraction of sp³-hybridized carbons (Fsp3) is 0.318. The molecule has 1 heterocycles. The minimum Gasteiger partial charge on any atom is -0.495 e. The van der Waals surface area contributed by atoms with Crippen LogP contribution in [-0.4, -0.2) is 30.3 Å². The maximum atomic E-state index is 12.9. The molecule has 0 amide bonds. The van der Waals surface area contributed by atoms with Crippen molar-refractivity contribution >= 4 is 39.9 Å². The Labute approximate surface area is 196 Å². The summed E-state index contributed by atoms with van der Waals surface area (Å²) in [6.07, 6.45) is 6.26. The van der Waals surface area contributed by atoms with Crippen molar-refractivity contribution in [1.82, 2.24) is 4.98 Å². The molecule has 0 aliphatic heterocycles. The van der Waals surface area contributed by atoms with Crippen molar-refractivity contribution in [1.29, 1.82) is 0 Å². The molecule has 0 bridgehead atoms. The molecule has 8 nitrogen and oxygen atoms in total. The zero-order chi connectivity index (χ0) is 23.6. The Kier molecular flexibility index (Phi) is 6.93. The van der Waals surface area contributed by atoms with Crippen LogP contribution in [0.25, 0.3) is 10.6 Å². The number of aromatic nitrogens is 1. The lowest BCUT2D eigenvalue weighted by atomic mass is 9.84. The molecular weight excluding hydrogens is 483 g/mol. The summed E-state index contributed by atoms with van der Waals surface area (Å²) in [5.74, 6) is 0.587. The van der Waals surface area contributed by atoms with Gasteiger partial charge in [-0.2, -0.15) is 8.42 Å². The molecule has 1 fully saturated rings. The molecule has 33 heavy (non-hydrogen) atoms. The van der Waals surface area contributed by atoms with E-state index >= 15 is 0 Å². The van der Waals surface area contributed by atoms with Gasteiger partial charge in [0.1, 0.15) is 10.8 Å². The highest BCUT2D eigenvalue weighted by molar-refractivity contribution is 7.92. The lowest BCUT2D eigenvalue weighted by Crippen LogP contribution is -2.15. The van der Waals surface area contributed by atoms with Gasteiger partial charge in [-0.1, -0.05) is 43.5 Å². The van der Waals surface area contributed by atoms with Gasteiger partial charge in [-0.05, 0) is 42.5 Å². The van der Waals surface area contributed by atoms with E-state index in [1.54, 1.807) is 0 Å². The highest BCUT2D eigenvalue weighted by Crippen LogP contribution is 2.37. The van der Waals surface area contributed by atoms with Crippen molar-refractivity contribution in [3.05, 3.63) is 53.4 Å². The second-order valence-corrected chi connectivity index (χ2v) is 12.1. The minimum absolute atomic E-state index is 0.00634. The molecule has 1 aliphatic rings. The summed E-state index contributed by atoms with van der Waals surface area (Å²) in [4.78, 5) is 22.9. The third kappa shape index (κ3) is 5.47. The van der Waals surface area contributed by atoms with Gasteiger partial charge >= 0.3 is 7.60 Å². The van der Waals surface area contributed by atoms with E-state index < -0.39 is 17.6 Å². The van der Waals surface area contributed by atoms with Crippen molar-refractivity contribution in [2.45, 2.75) is 43.0 Å². The molecule has 3 N–H and O–H groups in total. The number of hydrogen-bond acceptors (Lipinski definition) is 6. The van der Waals surface area contributed by atoms with Crippen LogP contribution in [-0.2, 0) is 14.6 Å². The predicted octanol–water partition coefficient (Wildman–Crippen LogP) is 4.47. The summed E-state index contributed by atoms with van der Waals surface area (Å²) in [5, 5.41) is 1.65. The van der Waals surface area contributed by atoms with Crippen LogP contribution in [0, 0.1) is 0 Å². The van der Waals surface area contributed by atoms with Gasteiger partial charge in [-0.3, -0.25) is 9.29 Å². The van der Waals surface area contributed by atoms with Gasteiger partial charge in [-0.15, -0.1) is 11.3 Å². The van der Waals surface area contributed by atoms with Crippen molar-refractivity contribution in [2.75, 3.05) is 11.8 Å². The first-order chi connectivity index (χ1) is 15.7. The topological polar surface area (TPSA) is 126 Å². The lowest BCUT2D eigenvalue weighted by molar-refractivity contribution is 0.386. The van der Waals surface area contributed by atoms with Gasteiger partial charge in [0.15, 0.2) is 5.03 Å². The van der Waals surface area contributed by atoms with Gasteiger partial charge < -0.3 is 14.5 Å². The molecule has 2 aromatic carbocycles. The quantitative estimate of drug-likeness (QED) is 0.402. The average Bonchev–Trinajstić information content (AvgIpc) is 3.31. The van der Waals surface area contributed by atoms with E-state index in [9.17, 15) is 22.8 Å². The van der Waals surface area contributed by atoms with E-state index in [2.05, 4.69) is 21.8 Å². The zero-order valence-electron chi connectivity index (χ0n) is 18.0. The maximum Gasteiger partial charge on any atom is 0.356 e. The molecule has 3 aromatic rings. The van der Waals surface area contributed by atoms with Crippen LogP contribution >= 0.6 is 18.9 Å². The third-order valence-corrected chi connectivity index (χ3v) is 9.00. The predicted molar refractivity (Wildman–Crippen MR) is 129 cm³/mol. The number of hydrogen-bond donors (Lipinski definition) is 3. The number of sulfonamides is 1. The number of ether oxygens (including phenoxy) is 1. The zero-order valence-corrected chi connectivity index (χ0v) is 20.5. The summed E-state index contributed by atoms with van der Waals surface area (Å²) in [6, 6.07) is 11.7. The molecule has 1 aromatic heterocycles. The Morgan fingerprint density at radius 3 is 2.42 bits per heavy atom. The average molecular weight is 509 g/mol. The number of nitrogens with zero attached hydrogens (tertiary/aromatic N) is 1. The van der Waals surface area contributed by atoms with E-state index in [0.717, 1.165) is 17.7 Å². The minimum atomic E-state index is -4.50. The Balaban J connectivity index is 1.53. The van der Waals surface area contributed by atoms with Crippen molar-refractivity contribution in [2.24, 2.45) is 0 Å². The third-order valence-electron chi connectivity index (χ3n) is 5.76. The van der Waals surface area contributed by atoms with Crippen molar-refractivity contribution in [3.8, 4) is 16.3 Å². The van der Waals surface area contributed by atoms with E-state index in [1.807, 2.05) is 12.1 Å². The van der Waals surface area contributed by atoms with E-state index in [4.69, 9.17) is 4.74 Å². The highest BCUT2D eigenvalue weighted by atomic mass is 32.2. The van der Waals surface area contributed by atoms with Gasteiger partial charge in [0.2, 0.25) is 0 Å². The van der Waals surface area contributed by atoms with Gasteiger partial charge in [0, 0.05) is 10.9 Å². The van der Waals surface area contributed by atoms with Crippen LogP contribution in [0.1, 0.15) is 43.6 Å². The van der Waals surface area contributed by atoms with E-state index in [0.29, 0.717) is 10.9 Å². The monoisotopic (exact) mass is 508 g/mol. The SMILES string of the molecule is COc1cc(P(=O)(O)O)ccc1NS(=O)(=O)c1csc(-c2ccc(C3CCCCC3)cc2)n1. The van der Waals surface area contributed by atoms with E-state index in [1.165, 1.54) is 67.6 Å². The fourth-order valence-electron chi connectivity index (χ4n) is 3.99. The van der Waals surface area contributed by atoms with Gasteiger partial charge in [-0.25, -0.2) is 4.98 Å². The second kappa shape index (κ2) is 9.56. The number of methoxy groups -OCH3 is 1. The van der Waals surface area contributed by atoms with Gasteiger partial charge in [0.25, 0.3) is 10.0 Å². The molecule has 176 valence electrons. The molecule has 11 heteroatoms. The first-order valence-electron chi connectivity index (χ1n) is 10.5. The van der Waals surface area contributed by atoms with Crippen LogP contribution in [0.15, 0.2) is 52.9 Å². The smallest absolute Gasteiger partial charge is 0.356 e. The molecule has 0 radical (unpaired) electrons. The van der Waals surface area contributed by atoms with E-state index in [-0.39, 0.29) is 21.8 Å². The first kappa shape index (κ1) is 23.9. The fourth-order valence-corrected chi connectivity index (χ4v) is 6.72. The molecule has 1 saturated carbocycles. The molecule has 1 aliphatic carbocycles. The summed E-state index contributed by atoms with van der Waals surface area (Å²) >= 11 is 1.23. The number of thiazole rings is 1. The Hall–Kier alpha value is -2.23. The molecular formula is C22H25N2O6PS2. The highest BCUT2D eigenvalue weighted by Gasteiger charge is 2.24. The molecule has 0 saturated heterocycles. The molecule has 0 unspecified atom stereocenters. The maximum absolute atomic E-state index is 12.9. The summed E-state index contributed by atoms with van der Waals surface area (Å²) in [5.41, 5.74) is 2.22. The summed E-state index contributed by atoms with van der Waals surface area (Å²) < 4.78 is 44.7. The number of anilines is 1. The standard InChI is InChI=1S/C22H25N2O6PS2/c1-30-20-13-18(31(25,26)27)11-12-19(20)24-33(28,29)21-14-32-22(23-21)17-9-7-16(8-10-17)15-5-3-2-4-6-15/h7-15,24H,2-6H2,1H3,(H2,25,26,27). The second-order valence-electron chi connectivity index (χ2n) is 7.98. The summed E-state index contributed by atoms with van der Waals surface area (Å²) in [6.45, 7) is 0. The van der Waals surface area contributed by atoms with Crippen LogP contribution in [0.2, 0.25) is 0 Å². The normalized spacial score (nSPS) is 15.4. The molecule has 0 atom stereocenters. The van der Waals surface area contributed by atoms with Crippen LogP contribution in [0.5, 0.6) is 5.75 Å². The van der Waals surface area contributed by atoms with Crippen molar-refractivity contribution in [3.63, 3.8) is 0 Å². The number of nitrogens with one attached hydrogen (secondary N) is 1. The van der Waals surface area contributed by atoms with Crippen LogP contribution in [0.4, 0.5) is 5.69 Å².